The molecule has 4 atom stereocenters. The van der Waals surface area contributed by atoms with Crippen molar-refractivity contribution < 1.29 is 44.0 Å². The smallest absolute Gasteiger partial charge is 0.354 e. The Morgan fingerprint density at radius 2 is 0.856 bits per heavy atom. The quantitative estimate of drug-likeness (QED) is 0.0229. The lowest BCUT2D eigenvalue weighted by molar-refractivity contribution is -0.129. The van der Waals surface area contributed by atoms with E-state index in [1.807, 2.05) is 133 Å². The van der Waals surface area contributed by atoms with Crippen LogP contribution >= 0.6 is 0 Å². The van der Waals surface area contributed by atoms with Gasteiger partial charge < -0.3 is 45.6 Å². The number of nitrogens with zero attached hydrogens (tertiary/aromatic N) is 7. The number of nitrogens with one attached hydrogen (secondary N) is 3. The van der Waals surface area contributed by atoms with Crippen LogP contribution in [0.25, 0.3) is 43.4 Å². The highest BCUT2D eigenvalue weighted by atomic mass is 16.5. The van der Waals surface area contributed by atoms with Gasteiger partial charge in [0.05, 0.1) is 17.1 Å². The van der Waals surface area contributed by atoms with Crippen molar-refractivity contribution >= 4 is 67.0 Å². The number of aliphatic hydroxyl groups excluding tert-OH is 2. The topological polar surface area (TPSA) is 245 Å². The van der Waals surface area contributed by atoms with Gasteiger partial charge in [0.2, 0.25) is 11.8 Å². The highest BCUT2D eigenvalue weighted by molar-refractivity contribution is 5.99. The number of carboxylic acids is 1. The van der Waals surface area contributed by atoms with Gasteiger partial charge in [-0.1, -0.05) is 182 Å². The molecule has 572 valence electrons. The van der Waals surface area contributed by atoms with E-state index in [4.69, 9.17) is 14.6 Å². The summed E-state index contributed by atoms with van der Waals surface area (Å²) in [6.07, 6.45) is 16.6. The zero-order chi connectivity index (χ0) is 76.8. The third kappa shape index (κ3) is 24.1. The van der Waals surface area contributed by atoms with Gasteiger partial charge in [0, 0.05) is 111 Å². The molecule has 0 spiro atoms. The predicted octanol–water partition coefficient (Wildman–Crippen LogP) is 13.6. The number of rotatable bonds is 32. The molecule has 2 aliphatic heterocycles. The van der Waals surface area contributed by atoms with Gasteiger partial charge in [0.15, 0.2) is 0 Å². The van der Waals surface area contributed by atoms with Gasteiger partial charge in [-0.3, -0.25) is 39.1 Å². The van der Waals surface area contributed by atoms with Crippen molar-refractivity contribution in [2.75, 3.05) is 65.6 Å². The van der Waals surface area contributed by atoms with Crippen molar-refractivity contribution in [1.82, 2.24) is 50.6 Å². The standard InChI is InChI=1S/C46H49N5O4.C36H44N4O3.C10H7NO2/c52-39(33-55-44-25-11-24-41-40(44)23-12-26-47-41)31-50-27-28-51(46(54)42-29-36-19-7-8-20-37(36)30-48-42)43(32-50)45(53)49-38(21-9-17-34-13-3-1-4-14-34)22-10-18-35-15-5-2-6-16-35;41-31(27-43-35-21-9-20-33-32(35)19-10-22-37-33)25-40-24-23-38-34(26-40)36(42)39-30(17-7-15-28-11-3-1-4-12-28)18-8-16-29-13-5-2-6-14-29;12-10(13)9-5-7-3-1-2-4-8(7)6-11-9/h1-8,11-16,19-20,23-26,29-30,38-39,43,52H,9-10,17-18,21-22,27-28,31-33H2,(H,49,53);1-6,9-14,19-22,30-31,34,38,41H,7-8,15-18,23-27H2,(H,39,42);1-6H,(H,12,13)/t39-,43?;31-,34?;/m11./s1. The van der Waals surface area contributed by atoms with Crippen LogP contribution < -0.4 is 25.4 Å². The summed E-state index contributed by atoms with van der Waals surface area (Å²) >= 11 is 0. The maximum Gasteiger partial charge on any atom is 0.354 e. The van der Waals surface area contributed by atoms with E-state index in [2.05, 4.69) is 143 Å². The van der Waals surface area contributed by atoms with Crippen LogP contribution in [0, 0.1) is 0 Å². The van der Waals surface area contributed by atoms with E-state index in [1.54, 1.807) is 41.8 Å². The lowest BCUT2D eigenvalue weighted by atomic mass is 9.98. The van der Waals surface area contributed by atoms with Gasteiger partial charge in [-0.05, 0) is 171 Å². The Hall–Kier alpha value is -11.3. The van der Waals surface area contributed by atoms with E-state index in [1.165, 1.54) is 22.3 Å². The molecule has 12 aromatic rings. The van der Waals surface area contributed by atoms with Crippen molar-refractivity contribution in [3.05, 3.63) is 301 Å². The predicted molar refractivity (Wildman–Crippen MR) is 438 cm³/mol. The molecule has 0 aliphatic carbocycles. The zero-order valence-corrected chi connectivity index (χ0v) is 62.8. The summed E-state index contributed by atoms with van der Waals surface area (Å²) in [6, 6.07) is 78.8. The third-order valence-electron chi connectivity index (χ3n) is 20.5. The Bertz CT molecular complexity index is 4810. The minimum atomic E-state index is -0.995. The average molecular weight is 1490 g/mol. The first-order valence-electron chi connectivity index (χ1n) is 38.9. The fraction of sp³-hybridized carbons (Fsp3) is 0.304. The summed E-state index contributed by atoms with van der Waals surface area (Å²) in [4.78, 5) is 75.6. The van der Waals surface area contributed by atoms with E-state index < -0.39 is 24.2 Å². The summed E-state index contributed by atoms with van der Waals surface area (Å²) < 4.78 is 12.0. The molecule has 3 amide bonds. The molecule has 0 radical (unpaired) electrons. The minimum Gasteiger partial charge on any atom is -0.490 e. The number of hydrogen-bond donors (Lipinski definition) is 6. The van der Waals surface area contributed by atoms with E-state index in [0.717, 1.165) is 127 Å². The van der Waals surface area contributed by atoms with Gasteiger partial charge in [-0.15, -0.1) is 0 Å². The Balaban J connectivity index is 0.000000180. The number of carbonyl (C=O) groups excluding carboxylic acids is 3. The number of pyridine rings is 4. The van der Waals surface area contributed by atoms with Crippen molar-refractivity contribution in [1.29, 1.82) is 0 Å². The Morgan fingerprint density at radius 3 is 1.32 bits per heavy atom. The number of amides is 3. The molecule has 8 aromatic carbocycles. The summed E-state index contributed by atoms with van der Waals surface area (Å²) in [5, 5.41) is 46.3. The molecule has 0 bridgehead atoms. The van der Waals surface area contributed by atoms with Crippen LogP contribution in [-0.2, 0) is 35.3 Å². The Morgan fingerprint density at radius 1 is 0.441 bits per heavy atom. The van der Waals surface area contributed by atoms with Crippen LogP contribution in [0.2, 0.25) is 0 Å². The largest absolute Gasteiger partial charge is 0.490 e. The number of aliphatic hydroxyl groups is 2. The number of piperazine rings is 2. The van der Waals surface area contributed by atoms with Crippen LogP contribution in [0.1, 0.15) is 94.6 Å². The molecule has 4 aromatic heterocycles. The maximum absolute atomic E-state index is 14.5. The molecule has 0 saturated carbocycles. The number of hydrogen-bond acceptors (Lipinski definition) is 15. The molecule has 2 fully saturated rings. The van der Waals surface area contributed by atoms with E-state index in [9.17, 15) is 29.4 Å². The van der Waals surface area contributed by atoms with Gasteiger partial charge in [-0.25, -0.2) is 9.78 Å². The fourth-order valence-electron chi connectivity index (χ4n) is 14.6. The van der Waals surface area contributed by atoms with Crippen LogP contribution in [0.15, 0.2) is 267 Å². The van der Waals surface area contributed by atoms with Gasteiger partial charge >= 0.3 is 5.97 Å². The lowest BCUT2D eigenvalue weighted by Crippen LogP contribution is -2.62. The molecular weight excluding hydrogens is 1390 g/mol. The molecule has 111 heavy (non-hydrogen) atoms. The number of ether oxygens (including phenoxy) is 2. The first-order chi connectivity index (χ1) is 54.4. The normalized spacial score (nSPS) is 15.1. The molecule has 19 nitrogen and oxygen atoms in total. The monoisotopic (exact) mass is 1490 g/mol. The number of aryl methyl sites for hydroxylation is 4. The maximum atomic E-state index is 14.5. The Labute approximate surface area is 649 Å². The molecule has 2 aliphatic rings. The fourth-order valence-corrected chi connectivity index (χ4v) is 14.6. The Kier molecular flexibility index (Phi) is 29.6. The zero-order valence-electron chi connectivity index (χ0n) is 62.8. The summed E-state index contributed by atoms with van der Waals surface area (Å²) in [5.74, 6) is -0.0339. The van der Waals surface area contributed by atoms with E-state index >= 15 is 0 Å². The SMILES string of the molecule is O=C(NC(CCCc1ccccc1)CCCc1ccccc1)C1CN(C[C@@H](O)COc2cccc3ncccc23)CCN1.O=C(NC(CCCc1ccccc1)CCCc1ccccc1)C1CN(C[C@@H](O)COc2cccc3ncccc23)CCN1C(=O)c1cc2ccccc2cn1.O=C(O)c1cc2ccccc2cn1. The van der Waals surface area contributed by atoms with Crippen LogP contribution in [0.5, 0.6) is 11.5 Å². The van der Waals surface area contributed by atoms with E-state index in [0.29, 0.717) is 56.5 Å². The first-order valence-corrected chi connectivity index (χ1v) is 38.9. The molecule has 14 rings (SSSR count). The number of fused-ring (bicyclic) bond motifs is 4. The van der Waals surface area contributed by atoms with E-state index in [-0.39, 0.29) is 61.3 Å². The number of aromatic nitrogens is 4. The second-order valence-electron chi connectivity index (χ2n) is 28.7. The third-order valence-corrected chi connectivity index (χ3v) is 20.5. The summed E-state index contributed by atoms with van der Waals surface area (Å²) in [5.41, 5.74) is 7.30. The van der Waals surface area contributed by atoms with Crippen molar-refractivity contribution in [2.24, 2.45) is 0 Å². The first kappa shape index (κ1) is 79.2. The van der Waals surface area contributed by atoms with Crippen LogP contribution in [0.4, 0.5) is 0 Å². The molecule has 19 heteroatoms. The number of aromatic carboxylic acids is 1. The highest BCUT2D eigenvalue weighted by Crippen LogP contribution is 2.27. The van der Waals surface area contributed by atoms with Crippen molar-refractivity contribution in [3.8, 4) is 11.5 Å². The number of carboxylic acid groups (broad SMARTS) is 1. The van der Waals surface area contributed by atoms with Gasteiger partial charge in [0.1, 0.15) is 54.4 Å². The number of benzene rings is 8. The van der Waals surface area contributed by atoms with Crippen molar-refractivity contribution in [2.45, 2.75) is 113 Å². The number of carbonyl (C=O) groups is 4. The molecule has 2 unspecified atom stereocenters. The molecule has 6 N–H and O–H groups in total. The number of β-amino-alcohol motifs (C(OH)–C–C–N with tert-alkyl or cyclic N) is 2. The van der Waals surface area contributed by atoms with Gasteiger partial charge in [-0.2, -0.15) is 0 Å². The summed E-state index contributed by atoms with van der Waals surface area (Å²) in [7, 11) is 0. The second-order valence-corrected chi connectivity index (χ2v) is 28.7. The van der Waals surface area contributed by atoms with Gasteiger partial charge in [0.25, 0.3) is 5.91 Å². The van der Waals surface area contributed by atoms with Crippen LogP contribution in [0.3, 0.4) is 0 Å². The lowest BCUT2D eigenvalue weighted by Gasteiger charge is -2.41. The van der Waals surface area contributed by atoms with Crippen LogP contribution in [-0.4, -0.2) is 176 Å². The molecule has 2 saturated heterocycles. The second kappa shape index (κ2) is 41.5. The summed E-state index contributed by atoms with van der Waals surface area (Å²) in [6.45, 7) is 4.13. The average Bonchev–Trinajstić information content (AvgIpc) is 0.798. The molecular formula is C92H100N10O9. The molecule has 6 heterocycles. The minimum absolute atomic E-state index is 0.0446. The highest BCUT2D eigenvalue weighted by Gasteiger charge is 2.38. The van der Waals surface area contributed by atoms with Crippen molar-refractivity contribution in [3.63, 3.8) is 0 Å².